The van der Waals surface area contributed by atoms with Gasteiger partial charge in [-0.3, -0.25) is 9.59 Å². The van der Waals surface area contributed by atoms with Crippen molar-refractivity contribution < 1.29 is 9.53 Å². The molecule has 0 aliphatic carbocycles. The van der Waals surface area contributed by atoms with Gasteiger partial charge in [0, 0.05) is 12.4 Å². The molecule has 0 saturated heterocycles. The maximum Gasteiger partial charge on any atom is 0.292 e. The number of methoxy groups -OCH3 is 1. The van der Waals surface area contributed by atoms with E-state index in [0.717, 1.165) is 26.8 Å². The number of carbonyl (C=O) groups excluding carboxylic acids is 1. The molecule has 0 radical (unpaired) electrons. The van der Waals surface area contributed by atoms with Crippen LogP contribution in [0.15, 0.2) is 70.6 Å². The van der Waals surface area contributed by atoms with E-state index < -0.39 is 5.91 Å². The fourth-order valence-electron chi connectivity index (χ4n) is 3.30. The first kappa shape index (κ1) is 19.3. The molecule has 1 heterocycles. The van der Waals surface area contributed by atoms with Crippen LogP contribution in [0.3, 0.4) is 0 Å². The standard InChI is InChI=1S/C23H20N4O3/c1-14(15-8-9-17-13-18(30-3)11-10-16(17)12-15)24-25-22(28)21-19-6-4-5-7-20(19)23(29)27(2)26-21/h4-13H,1-3H3,(H,25,28)/b24-14+. The van der Waals surface area contributed by atoms with E-state index in [4.69, 9.17) is 4.74 Å². The second kappa shape index (κ2) is 7.79. The second-order valence-corrected chi connectivity index (χ2v) is 6.89. The SMILES string of the molecule is COc1ccc2cc(/C(C)=N/NC(=O)c3nn(C)c(=O)c4ccccc34)ccc2c1. The van der Waals surface area contributed by atoms with Crippen LogP contribution in [0.1, 0.15) is 23.0 Å². The lowest BCUT2D eigenvalue weighted by molar-refractivity contribution is 0.0949. The lowest BCUT2D eigenvalue weighted by Crippen LogP contribution is -2.27. The Balaban J connectivity index is 1.63. The van der Waals surface area contributed by atoms with Gasteiger partial charge < -0.3 is 4.74 Å². The molecule has 0 bridgehead atoms. The summed E-state index contributed by atoms with van der Waals surface area (Å²) < 4.78 is 6.41. The number of hydrogen-bond acceptors (Lipinski definition) is 5. The van der Waals surface area contributed by atoms with Crippen molar-refractivity contribution in [3.8, 4) is 5.75 Å². The van der Waals surface area contributed by atoms with Crippen LogP contribution in [0.5, 0.6) is 5.75 Å². The Kier molecular flexibility index (Phi) is 5.02. The van der Waals surface area contributed by atoms with Crippen LogP contribution >= 0.6 is 0 Å². The molecule has 1 N–H and O–H groups in total. The summed E-state index contributed by atoms with van der Waals surface area (Å²) in [5, 5.41) is 11.4. The molecule has 3 aromatic carbocycles. The molecule has 0 aliphatic heterocycles. The van der Waals surface area contributed by atoms with E-state index in [9.17, 15) is 9.59 Å². The van der Waals surface area contributed by atoms with Gasteiger partial charge in [-0.15, -0.1) is 0 Å². The summed E-state index contributed by atoms with van der Waals surface area (Å²) in [5.74, 6) is 0.316. The number of hydrazone groups is 1. The molecule has 150 valence electrons. The number of fused-ring (bicyclic) bond motifs is 2. The van der Waals surface area contributed by atoms with Crippen molar-refractivity contribution >= 4 is 33.2 Å². The summed E-state index contributed by atoms with van der Waals surface area (Å²) in [5.41, 5.74) is 3.98. The number of rotatable bonds is 4. The van der Waals surface area contributed by atoms with Crippen LogP contribution in [0, 0.1) is 0 Å². The average molecular weight is 400 g/mol. The highest BCUT2D eigenvalue weighted by atomic mass is 16.5. The number of aromatic nitrogens is 2. The highest BCUT2D eigenvalue weighted by molar-refractivity contribution is 6.06. The maximum atomic E-state index is 12.7. The molecule has 30 heavy (non-hydrogen) atoms. The Morgan fingerprint density at radius 1 is 1.03 bits per heavy atom. The number of aryl methyl sites for hydroxylation is 1. The van der Waals surface area contributed by atoms with Gasteiger partial charge in [0.15, 0.2) is 5.69 Å². The summed E-state index contributed by atoms with van der Waals surface area (Å²) in [6.07, 6.45) is 0. The summed E-state index contributed by atoms with van der Waals surface area (Å²) >= 11 is 0. The van der Waals surface area contributed by atoms with Crippen molar-refractivity contribution in [2.24, 2.45) is 12.1 Å². The normalized spacial score (nSPS) is 11.6. The predicted molar refractivity (Wildman–Crippen MR) is 117 cm³/mol. The number of ether oxygens (including phenoxy) is 1. The molecular formula is C23H20N4O3. The zero-order valence-corrected chi connectivity index (χ0v) is 16.8. The van der Waals surface area contributed by atoms with Gasteiger partial charge in [0.05, 0.1) is 18.2 Å². The molecule has 1 amide bonds. The molecule has 7 nitrogen and oxygen atoms in total. The highest BCUT2D eigenvalue weighted by Crippen LogP contribution is 2.22. The molecular weight excluding hydrogens is 380 g/mol. The van der Waals surface area contributed by atoms with Gasteiger partial charge in [-0.05, 0) is 47.5 Å². The minimum atomic E-state index is -0.480. The number of amides is 1. The summed E-state index contributed by atoms with van der Waals surface area (Å²) in [7, 11) is 3.15. The fraction of sp³-hybridized carbons (Fsp3) is 0.130. The van der Waals surface area contributed by atoms with Crippen molar-refractivity contribution in [1.29, 1.82) is 0 Å². The lowest BCUT2D eigenvalue weighted by atomic mass is 10.0. The largest absolute Gasteiger partial charge is 0.497 e. The average Bonchev–Trinajstić information content (AvgIpc) is 2.78. The maximum absolute atomic E-state index is 12.7. The van der Waals surface area contributed by atoms with E-state index in [1.165, 1.54) is 7.05 Å². The van der Waals surface area contributed by atoms with Crippen molar-refractivity contribution in [3.05, 3.63) is 82.3 Å². The molecule has 1 aromatic heterocycles. The molecule has 7 heteroatoms. The molecule has 4 aromatic rings. The molecule has 0 spiro atoms. The molecule has 0 atom stereocenters. The van der Waals surface area contributed by atoms with Crippen molar-refractivity contribution in [1.82, 2.24) is 15.2 Å². The highest BCUT2D eigenvalue weighted by Gasteiger charge is 2.15. The van der Waals surface area contributed by atoms with Crippen molar-refractivity contribution in [2.45, 2.75) is 6.92 Å². The minimum Gasteiger partial charge on any atom is -0.497 e. The van der Waals surface area contributed by atoms with E-state index in [0.29, 0.717) is 16.5 Å². The topological polar surface area (TPSA) is 85.6 Å². The zero-order valence-electron chi connectivity index (χ0n) is 16.8. The minimum absolute atomic E-state index is 0.148. The van der Waals surface area contributed by atoms with Gasteiger partial charge in [0.25, 0.3) is 11.5 Å². The van der Waals surface area contributed by atoms with Gasteiger partial charge in [0.1, 0.15) is 5.75 Å². The zero-order chi connectivity index (χ0) is 21.3. The van der Waals surface area contributed by atoms with Crippen molar-refractivity contribution in [3.63, 3.8) is 0 Å². The van der Waals surface area contributed by atoms with Crippen LogP contribution in [0.2, 0.25) is 0 Å². The van der Waals surface area contributed by atoms with E-state index in [2.05, 4.69) is 15.6 Å². The Morgan fingerprint density at radius 3 is 2.50 bits per heavy atom. The van der Waals surface area contributed by atoms with Crippen LogP contribution < -0.4 is 15.7 Å². The van der Waals surface area contributed by atoms with Gasteiger partial charge in [-0.25, -0.2) is 10.1 Å². The number of benzene rings is 3. The van der Waals surface area contributed by atoms with Gasteiger partial charge in [-0.2, -0.15) is 10.2 Å². The quantitative estimate of drug-likeness (QED) is 0.421. The van der Waals surface area contributed by atoms with Crippen LogP contribution in [-0.4, -0.2) is 28.5 Å². The number of nitrogens with zero attached hydrogens (tertiary/aromatic N) is 3. The first-order valence-corrected chi connectivity index (χ1v) is 9.37. The van der Waals surface area contributed by atoms with E-state index >= 15 is 0 Å². The van der Waals surface area contributed by atoms with Crippen LogP contribution in [0.25, 0.3) is 21.5 Å². The molecule has 4 rings (SSSR count). The summed E-state index contributed by atoms with van der Waals surface area (Å²) in [6.45, 7) is 1.82. The Bertz CT molecular complexity index is 1370. The Morgan fingerprint density at radius 2 is 1.73 bits per heavy atom. The summed E-state index contributed by atoms with van der Waals surface area (Å²) in [6, 6.07) is 18.6. The number of nitrogens with one attached hydrogen (secondary N) is 1. The Labute approximate surface area is 172 Å². The van der Waals surface area contributed by atoms with Gasteiger partial charge >= 0.3 is 0 Å². The molecule has 0 unspecified atom stereocenters. The van der Waals surface area contributed by atoms with E-state index in [1.54, 1.807) is 31.4 Å². The summed E-state index contributed by atoms with van der Waals surface area (Å²) in [4.78, 5) is 25.0. The third kappa shape index (κ3) is 3.53. The molecule has 0 aliphatic rings. The van der Waals surface area contributed by atoms with Gasteiger partial charge in [-0.1, -0.05) is 36.4 Å². The third-order valence-electron chi connectivity index (χ3n) is 4.96. The number of carbonyl (C=O) groups is 1. The Hall–Kier alpha value is -4.00. The number of hydrogen-bond donors (Lipinski definition) is 1. The van der Waals surface area contributed by atoms with E-state index in [-0.39, 0.29) is 11.3 Å². The molecule has 0 saturated carbocycles. The fourth-order valence-corrected chi connectivity index (χ4v) is 3.30. The van der Waals surface area contributed by atoms with Crippen LogP contribution in [-0.2, 0) is 7.05 Å². The first-order chi connectivity index (χ1) is 14.5. The monoisotopic (exact) mass is 400 g/mol. The third-order valence-corrected chi connectivity index (χ3v) is 4.96. The predicted octanol–water partition coefficient (Wildman–Crippen LogP) is 3.25. The van der Waals surface area contributed by atoms with Gasteiger partial charge in [0.2, 0.25) is 0 Å². The van der Waals surface area contributed by atoms with Crippen LogP contribution in [0.4, 0.5) is 0 Å². The smallest absolute Gasteiger partial charge is 0.292 e. The van der Waals surface area contributed by atoms with E-state index in [1.807, 2.05) is 43.3 Å². The lowest BCUT2D eigenvalue weighted by Gasteiger charge is -2.08. The van der Waals surface area contributed by atoms with Crippen molar-refractivity contribution in [2.75, 3.05) is 7.11 Å². The second-order valence-electron chi connectivity index (χ2n) is 6.89. The first-order valence-electron chi connectivity index (χ1n) is 9.37. The molecule has 0 fully saturated rings.